The third-order valence-corrected chi connectivity index (χ3v) is 7.32. The molecule has 140 valence electrons. The Balaban J connectivity index is 1.63. The highest BCUT2D eigenvalue weighted by Gasteiger charge is 2.24. The number of fused-ring (bicyclic) bond motifs is 2. The normalized spacial score (nSPS) is 13.5. The number of carbonyl (C=O) groups excluding carboxylic acids is 1. The number of anilines is 1. The van der Waals surface area contributed by atoms with E-state index in [9.17, 15) is 4.79 Å². The van der Waals surface area contributed by atoms with Crippen molar-refractivity contribution in [1.82, 2.24) is 9.97 Å². The first-order valence-electron chi connectivity index (χ1n) is 9.42. The van der Waals surface area contributed by atoms with Crippen LogP contribution in [0.15, 0.2) is 42.7 Å². The number of aromatic nitrogens is 2. The van der Waals surface area contributed by atoms with E-state index >= 15 is 0 Å². The molecule has 1 N–H and O–H groups in total. The number of thiazole rings is 1. The van der Waals surface area contributed by atoms with Crippen LogP contribution in [0.3, 0.4) is 0 Å². The highest BCUT2D eigenvalue weighted by atomic mass is 32.1. The fourth-order valence-electron chi connectivity index (χ4n) is 3.80. The maximum Gasteiger partial charge on any atom is 0.221 e. The summed E-state index contributed by atoms with van der Waals surface area (Å²) in [6.45, 7) is 1.57. The number of thiophene rings is 1. The molecule has 0 unspecified atom stereocenters. The zero-order valence-electron chi connectivity index (χ0n) is 15.5. The lowest BCUT2D eigenvalue weighted by Gasteiger charge is -2.11. The predicted octanol–water partition coefficient (Wildman–Crippen LogP) is 5.92. The van der Waals surface area contributed by atoms with Gasteiger partial charge in [0.15, 0.2) is 0 Å². The summed E-state index contributed by atoms with van der Waals surface area (Å²) in [7, 11) is 0. The molecular weight excluding hydrogens is 386 g/mol. The van der Waals surface area contributed by atoms with Crippen LogP contribution in [0.2, 0.25) is 0 Å². The molecule has 3 aromatic heterocycles. The van der Waals surface area contributed by atoms with E-state index in [0.717, 1.165) is 44.2 Å². The van der Waals surface area contributed by atoms with Crippen molar-refractivity contribution >= 4 is 43.8 Å². The van der Waals surface area contributed by atoms with Crippen LogP contribution in [0.25, 0.3) is 31.9 Å². The summed E-state index contributed by atoms with van der Waals surface area (Å²) >= 11 is 3.43. The Labute approximate surface area is 171 Å². The minimum absolute atomic E-state index is 0.0269. The van der Waals surface area contributed by atoms with Gasteiger partial charge in [0.1, 0.15) is 10.0 Å². The van der Waals surface area contributed by atoms with Gasteiger partial charge in [0.25, 0.3) is 0 Å². The summed E-state index contributed by atoms with van der Waals surface area (Å²) in [5, 5.41) is 5.01. The Morgan fingerprint density at radius 1 is 1.04 bits per heavy atom. The lowest BCUT2D eigenvalue weighted by molar-refractivity contribution is -0.114. The SMILES string of the molecule is CC(=O)Nc1sc2c(c1-c1nc3ccc(-c4ccncc4)cc3s1)CCCC2. The fraction of sp³-hybridized carbons (Fsp3) is 0.227. The minimum Gasteiger partial charge on any atom is -0.317 e. The Hall–Kier alpha value is -2.57. The lowest BCUT2D eigenvalue weighted by Crippen LogP contribution is -2.05. The molecule has 4 nitrogen and oxygen atoms in total. The van der Waals surface area contributed by atoms with Crippen LogP contribution in [0, 0.1) is 0 Å². The van der Waals surface area contributed by atoms with Crippen LogP contribution >= 0.6 is 22.7 Å². The summed E-state index contributed by atoms with van der Waals surface area (Å²) in [6.07, 6.45) is 8.22. The molecule has 1 aliphatic carbocycles. The van der Waals surface area contributed by atoms with Crippen molar-refractivity contribution in [3.05, 3.63) is 53.2 Å². The largest absolute Gasteiger partial charge is 0.317 e. The zero-order valence-corrected chi connectivity index (χ0v) is 17.1. The fourth-order valence-corrected chi connectivity index (χ4v) is 6.28. The number of nitrogens with zero attached hydrogens (tertiary/aromatic N) is 2. The molecular formula is C22H19N3OS2. The second kappa shape index (κ2) is 7.11. The highest BCUT2D eigenvalue weighted by molar-refractivity contribution is 7.23. The van der Waals surface area contributed by atoms with Crippen molar-refractivity contribution in [1.29, 1.82) is 0 Å². The number of hydrogen-bond donors (Lipinski definition) is 1. The monoisotopic (exact) mass is 405 g/mol. The van der Waals surface area contributed by atoms with Gasteiger partial charge in [-0.1, -0.05) is 6.07 Å². The van der Waals surface area contributed by atoms with E-state index in [4.69, 9.17) is 4.98 Å². The molecule has 4 aromatic rings. The first-order valence-corrected chi connectivity index (χ1v) is 11.1. The van der Waals surface area contributed by atoms with Crippen LogP contribution < -0.4 is 5.32 Å². The van der Waals surface area contributed by atoms with E-state index in [1.54, 1.807) is 29.6 Å². The van der Waals surface area contributed by atoms with Crippen molar-refractivity contribution in [2.75, 3.05) is 5.32 Å². The molecule has 5 rings (SSSR count). The maximum absolute atomic E-state index is 11.8. The van der Waals surface area contributed by atoms with Gasteiger partial charge in [0.2, 0.25) is 5.91 Å². The van der Waals surface area contributed by atoms with Crippen molar-refractivity contribution in [2.45, 2.75) is 32.6 Å². The number of rotatable bonds is 3. The van der Waals surface area contributed by atoms with Crippen molar-refractivity contribution in [2.24, 2.45) is 0 Å². The number of amides is 1. The molecule has 0 bridgehead atoms. The van der Waals surface area contributed by atoms with Gasteiger partial charge >= 0.3 is 0 Å². The van der Waals surface area contributed by atoms with Gasteiger partial charge in [-0.3, -0.25) is 9.78 Å². The Morgan fingerprint density at radius 2 is 1.86 bits per heavy atom. The quantitative estimate of drug-likeness (QED) is 0.460. The molecule has 0 aliphatic heterocycles. The van der Waals surface area contributed by atoms with Crippen LogP contribution in [-0.2, 0) is 17.6 Å². The molecule has 0 saturated heterocycles. The van der Waals surface area contributed by atoms with E-state index in [1.165, 1.54) is 28.8 Å². The van der Waals surface area contributed by atoms with E-state index in [0.29, 0.717) is 0 Å². The summed E-state index contributed by atoms with van der Waals surface area (Å²) in [4.78, 5) is 22.2. The average Bonchev–Trinajstić information content (AvgIpc) is 3.27. The van der Waals surface area contributed by atoms with Crippen molar-refractivity contribution in [3.8, 4) is 21.7 Å². The molecule has 1 aliphatic rings. The Bertz CT molecular complexity index is 1180. The van der Waals surface area contributed by atoms with Gasteiger partial charge in [-0.25, -0.2) is 4.98 Å². The second-order valence-electron chi connectivity index (χ2n) is 7.03. The molecule has 28 heavy (non-hydrogen) atoms. The number of carbonyl (C=O) groups is 1. The summed E-state index contributed by atoms with van der Waals surface area (Å²) in [5.74, 6) is -0.0269. The van der Waals surface area contributed by atoms with Gasteiger partial charge in [-0.2, -0.15) is 0 Å². The summed E-state index contributed by atoms with van der Waals surface area (Å²) in [6, 6.07) is 10.4. The number of benzene rings is 1. The van der Waals surface area contributed by atoms with E-state index in [1.807, 2.05) is 24.5 Å². The molecule has 6 heteroatoms. The van der Waals surface area contributed by atoms with Gasteiger partial charge < -0.3 is 5.32 Å². The van der Waals surface area contributed by atoms with Gasteiger partial charge in [-0.15, -0.1) is 22.7 Å². The molecule has 0 radical (unpaired) electrons. The van der Waals surface area contributed by atoms with Crippen LogP contribution in [0.4, 0.5) is 5.00 Å². The van der Waals surface area contributed by atoms with Crippen LogP contribution in [0.1, 0.15) is 30.2 Å². The van der Waals surface area contributed by atoms with Crippen molar-refractivity contribution in [3.63, 3.8) is 0 Å². The van der Waals surface area contributed by atoms with Crippen LogP contribution in [0.5, 0.6) is 0 Å². The molecule has 0 fully saturated rings. The predicted molar refractivity (Wildman–Crippen MR) is 117 cm³/mol. The number of hydrogen-bond acceptors (Lipinski definition) is 5. The first-order chi connectivity index (χ1) is 13.7. The molecule has 0 atom stereocenters. The van der Waals surface area contributed by atoms with Gasteiger partial charge in [-0.05, 0) is 66.6 Å². The molecule has 1 aromatic carbocycles. The van der Waals surface area contributed by atoms with E-state index in [-0.39, 0.29) is 5.91 Å². The Kier molecular flexibility index (Phi) is 4.45. The highest BCUT2D eigenvalue weighted by Crippen LogP contribution is 2.46. The first kappa shape index (κ1) is 17.5. The van der Waals surface area contributed by atoms with E-state index < -0.39 is 0 Å². The van der Waals surface area contributed by atoms with Crippen LogP contribution in [-0.4, -0.2) is 15.9 Å². The Morgan fingerprint density at radius 3 is 2.68 bits per heavy atom. The minimum atomic E-state index is -0.0269. The number of pyridine rings is 1. The molecule has 1 amide bonds. The molecule has 3 heterocycles. The summed E-state index contributed by atoms with van der Waals surface area (Å²) < 4.78 is 1.16. The third-order valence-electron chi connectivity index (χ3n) is 5.08. The smallest absolute Gasteiger partial charge is 0.221 e. The zero-order chi connectivity index (χ0) is 19.1. The summed E-state index contributed by atoms with van der Waals surface area (Å²) in [5.41, 5.74) is 5.84. The van der Waals surface area contributed by atoms with Crippen molar-refractivity contribution < 1.29 is 4.79 Å². The molecule has 0 saturated carbocycles. The maximum atomic E-state index is 11.8. The van der Waals surface area contributed by atoms with E-state index in [2.05, 4.69) is 28.5 Å². The average molecular weight is 406 g/mol. The standard InChI is InChI=1S/C22H19N3OS2/c1-13(26)24-21-20(16-4-2-3-5-18(16)27-21)22-25-17-7-6-15(12-19(17)28-22)14-8-10-23-11-9-14/h6-12H,2-5H2,1H3,(H,24,26). The second-order valence-corrected chi connectivity index (χ2v) is 9.17. The molecule has 0 spiro atoms. The van der Waals surface area contributed by atoms with Gasteiger partial charge in [0.05, 0.1) is 10.2 Å². The van der Waals surface area contributed by atoms with Gasteiger partial charge in [0, 0.05) is 29.8 Å². The lowest BCUT2D eigenvalue weighted by atomic mass is 9.96. The third kappa shape index (κ3) is 3.12. The topological polar surface area (TPSA) is 54.9 Å². The number of aryl methyl sites for hydroxylation is 1. The number of nitrogens with one attached hydrogen (secondary N) is 1.